The number of hydrogen-bond donors (Lipinski definition) is 1. The topological polar surface area (TPSA) is 72.7 Å². The van der Waals surface area contributed by atoms with Gasteiger partial charge in [-0.3, -0.25) is 14.8 Å². The highest BCUT2D eigenvalue weighted by atomic mass is 127. The van der Waals surface area contributed by atoms with E-state index in [0.29, 0.717) is 29.1 Å². The van der Waals surface area contributed by atoms with E-state index in [1.54, 1.807) is 36.9 Å². The van der Waals surface area contributed by atoms with Gasteiger partial charge in [0.2, 0.25) is 0 Å². The Morgan fingerprint density at radius 3 is 2.25 bits per heavy atom. The van der Waals surface area contributed by atoms with Gasteiger partial charge in [-0.2, -0.15) is 27.1 Å². The van der Waals surface area contributed by atoms with E-state index >= 15 is 0 Å². The lowest BCUT2D eigenvalue weighted by Gasteiger charge is -2.36. The quantitative estimate of drug-likeness (QED) is 0.169. The van der Waals surface area contributed by atoms with E-state index in [4.69, 9.17) is 0 Å². The molecule has 0 saturated heterocycles. The molecule has 2 heterocycles. The lowest BCUT2D eigenvalue weighted by atomic mass is 9.98. The van der Waals surface area contributed by atoms with Crippen LogP contribution in [0, 0.1) is 0 Å². The van der Waals surface area contributed by atoms with E-state index in [2.05, 4.69) is 20.4 Å². The van der Waals surface area contributed by atoms with E-state index in [1.807, 2.05) is 28.7 Å². The van der Waals surface area contributed by atoms with Crippen LogP contribution in [0.3, 0.4) is 0 Å². The minimum Gasteiger partial charge on any atom is -0.345 e. The van der Waals surface area contributed by atoms with Gasteiger partial charge in [-0.05, 0) is 59.3 Å². The first-order valence-electron chi connectivity index (χ1n) is 10.6. The van der Waals surface area contributed by atoms with Crippen molar-refractivity contribution in [1.29, 1.82) is 0 Å². The second-order valence-corrected chi connectivity index (χ2v) is 9.90. The Hall–Kier alpha value is -3.16. The Bertz CT molecular complexity index is 1390. The zero-order chi connectivity index (χ0) is 26.3. The van der Waals surface area contributed by atoms with Crippen LogP contribution >= 0.6 is 22.6 Å². The second kappa shape index (κ2) is 9.37. The number of alkyl halides is 6. The van der Waals surface area contributed by atoms with Crippen LogP contribution in [0.15, 0.2) is 67.3 Å². The molecule has 4 rings (SSSR count). The molecule has 0 spiro atoms. The van der Waals surface area contributed by atoms with Gasteiger partial charge in [-0.15, -0.1) is 0 Å². The van der Waals surface area contributed by atoms with E-state index in [9.17, 15) is 26.7 Å². The summed E-state index contributed by atoms with van der Waals surface area (Å²) in [5, 5.41) is 7.42. The fourth-order valence-corrected chi connectivity index (χ4v) is 4.67. The predicted molar refractivity (Wildman–Crippen MR) is 132 cm³/mol. The van der Waals surface area contributed by atoms with Crippen LogP contribution in [0.1, 0.15) is 25.0 Å². The summed E-state index contributed by atoms with van der Waals surface area (Å²) in [4.78, 5) is 20.4. The molecular weight excluding hydrogens is 596 g/mol. The van der Waals surface area contributed by atoms with Gasteiger partial charge in [0, 0.05) is 30.3 Å². The molecule has 36 heavy (non-hydrogen) atoms. The van der Waals surface area contributed by atoms with Crippen LogP contribution in [0.25, 0.3) is 22.2 Å². The van der Waals surface area contributed by atoms with Gasteiger partial charge in [0.1, 0.15) is 0 Å². The first-order chi connectivity index (χ1) is 16.8. The Kier molecular flexibility index (Phi) is 6.75. The summed E-state index contributed by atoms with van der Waals surface area (Å²) >= 11 is 1.93. The van der Waals surface area contributed by atoms with Gasteiger partial charge in [0.05, 0.1) is 35.2 Å². The minimum absolute atomic E-state index is 0.325. The number of hydrogen-bond acceptors (Lipinski definition) is 4. The monoisotopic (exact) mass is 615 g/mol. The highest BCUT2D eigenvalue weighted by Gasteiger charge is 2.43. The van der Waals surface area contributed by atoms with Gasteiger partial charge in [0.15, 0.2) is 3.55 Å². The van der Waals surface area contributed by atoms with Crippen molar-refractivity contribution in [2.24, 2.45) is 0 Å². The lowest BCUT2D eigenvalue weighted by Crippen LogP contribution is -2.53. The van der Waals surface area contributed by atoms with Crippen molar-refractivity contribution in [2.75, 3.05) is 0 Å². The van der Waals surface area contributed by atoms with Crippen LogP contribution in [-0.2, 0) is 14.5 Å². The maximum atomic E-state index is 13.7. The molecule has 1 amide bonds. The fraction of sp³-hybridized carbons (Fsp3) is 0.250. The Labute approximate surface area is 216 Å². The highest BCUT2D eigenvalue weighted by molar-refractivity contribution is 14.1. The highest BCUT2D eigenvalue weighted by Crippen LogP contribution is 2.41. The summed E-state index contributed by atoms with van der Waals surface area (Å²) in [5.41, 5.74) is 1.42. The van der Waals surface area contributed by atoms with Crippen molar-refractivity contribution in [1.82, 2.24) is 25.1 Å². The molecule has 0 aliphatic rings. The van der Waals surface area contributed by atoms with E-state index in [0.717, 1.165) is 17.7 Å². The average molecular weight is 615 g/mol. The number of aromatic nitrogens is 4. The minimum atomic E-state index is -4.55. The lowest BCUT2D eigenvalue weighted by molar-refractivity contribution is -0.144. The van der Waals surface area contributed by atoms with Crippen molar-refractivity contribution in [2.45, 2.75) is 35.5 Å². The summed E-state index contributed by atoms with van der Waals surface area (Å²) in [6, 6.07) is 8.65. The summed E-state index contributed by atoms with van der Waals surface area (Å²) < 4.78 is 67.0. The standard InChI is InChI=1S/C24H19F5IN5O/c1-14(34-21(36)22(2,25)26)23(30,17-4-6-18(7-5-17)24(27,28)29)35-20-8-3-15(11-16(20)12-33-35)19-13-31-9-10-32-19/h3-14H,1-2H3,(H,34,36)/t14-,23+/m0/s1. The Balaban J connectivity index is 1.84. The van der Waals surface area contributed by atoms with Crippen molar-refractivity contribution in [3.63, 3.8) is 0 Å². The molecule has 12 heteroatoms. The number of nitrogens with zero attached hydrogens (tertiary/aromatic N) is 4. The van der Waals surface area contributed by atoms with Gasteiger partial charge < -0.3 is 5.32 Å². The molecule has 6 nitrogen and oxygen atoms in total. The molecule has 2 atom stereocenters. The molecule has 1 N–H and O–H groups in total. The summed E-state index contributed by atoms with van der Waals surface area (Å²) in [5.74, 6) is -5.16. The van der Waals surface area contributed by atoms with Gasteiger partial charge in [-0.1, -0.05) is 18.2 Å². The molecule has 4 aromatic rings. The Morgan fingerprint density at radius 2 is 1.67 bits per heavy atom. The van der Waals surface area contributed by atoms with Crippen LogP contribution in [0.2, 0.25) is 0 Å². The summed E-state index contributed by atoms with van der Waals surface area (Å²) in [6.45, 7) is 1.97. The molecule has 0 unspecified atom stereocenters. The third-order valence-corrected chi connectivity index (χ3v) is 7.69. The molecule has 2 aromatic heterocycles. The maximum Gasteiger partial charge on any atom is 0.416 e. The molecule has 0 aliphatic heterocycles. The number of rotatable bonds is 6. The molecular formula is C24H19F5IN5O. The van der Waals surface area contributed by atoms with Crippen molar-refractivity contribution in [3.8, 4) is 11.3 Å². The second-order valence-electron chi connectivity index (χ2n) is 8.25. The molecule has 0 saturated carbocycles. The summed E-state index contributed by atoms with van der Waals surface area (Å²) in [7, 11) is 0. The number of halogens is 6. The van der Waals surface area contributed by atoms with Gasteiger partial charge in [0.25, 0.3) is 5.91 Å². The number of benzene rings is 2. The van der Waals surface area contributed by atoms with E-state index in [-0.39, 0.29) is 0 Å². The summed E-state index contributed by atoms with van der Waals surface area (Å²) in [6.07, 6.45) is 1.70. The third kappa shape index (κ3) is 4.90. The SMILES string of the molecule is C[C@H](NC(=O)C(C)(F)F)[C@](I)(c1ccc(C(F)(F)F)cc1)n1ncc2cc(-c3cnccn3)ccc21. The molecule has 0 fully saturated rings. The van der Waals surface area contributed by atoms with Crippen molar-refractivity contribution >= 4 is 39.4 Å². The number of fused-ring (bicyclic) bond motifs is 1. The van der Waals surface area contributed by atoms with Crippen LogP contribution < -0.4 is 5.32 Å². The van der Waals surface area contributed by atoms with Crippen LogP contribution in [0.4, 0.5) is 22.0 Å². The smallest absolute Gasteiger partial charge is 0.345 e. The third-order valence-electron chi connectivity index (χ3n) is 5.67. The normalized spacial score (nSPS) is 14.9. The Morgan fingerprint density at radius 1 is 1.00 bits per heavy atom. The number of carbonyl (C=O) groups is 1. The molecule has 0 radical (unpaired) electrons. The number of nitrogens with one attached hydrogen (secondary N) is 1. The first-order valence-corrected chi connectivity index (χ1v) is 11.7. The predicted octanol–water partition coefficient (Wildman–Crippen LogP) is 5.81. The zero-order valence-electron chi connectivity index (χ0n) is 18.9. The van der Waals surface area contributed by atoms with Crippen LogP contribution in [0.5, 0.6) is 0 Å². The van der Waals surface area contributed by atoms with Crippen LogP contribution in [-0.4, -0.2) is 37.6 Å². The molecule has 188 valence electrons. The zero-order valence-corrected chi connectivity index (χ0v) is 21.1. The molecule has 0 bridgehead atoms. The van der Waals surface area contributed by atoms with Gasteiger partial charge >= 0.3 is 12.1 Å². The van der Waals surface area contributed by atoms with E-state index < -0.39 is 33.2 Å². The van der Waals surface area contributed by atoms with Gasteiger partial charge in [-0.25, -0.2) is 4.68 Å². The largest absolute Gasteiger partial charge is 0.416 e. The van der Waals surface area contributed by atoms with Crippen molar-refractivity contribution < 1.29 is 26.7 Å². The molecule has 0 aliphatic carbocycles. The fourth-order valence-electron chi connectivity index (χ4n) is 3.77. The number of carbonyl (C=O) groups excluding carboxylic acids is 1. The van der Waals surface area contributed by atoms with Crippen molar-refractivity contribution in [3.05, 3.63) is 78.4 Å². The van der Waals surface area contributed by atoms with E-state index in [1.165, 1.54) is 23.7 Å². The maximum absolute atomic E-state index is 13.7. The average Bonchev–Trinajstić information content (AvgIpc) is 3.26. The number of amides is 1. The molecule has 2 aromatic carbocycles. The first kappa shape index (κ1) is 25.9.